The summed E-state index contributed by atoms with van der Waals surface area (Å²) >= 11 is 1.68. The van der Waals surface area contributed by atoms with E-state index in [9.17, 15) is 4.79 Å². The van der Waals surface area contributed by atoms with Crippen molar-refractivity contribution in [3.63, 3.8) is 0 Å². The lowest BCUT2D eigenvalue weighted by atomic mass is 10.0. The maximum absolute atomic E-state index is 12.6. The van der Waals surface area contributed by atoms with Crippen molar-refractivity contribution >= 4 is 28.1 Å². The zero-order chi connectivity index (χ0) is 19.5. The standard InChI is InChI=1S/C22H30N4OS/c1-16-14-23-22(28-16)24-20-9-5-8-19(17(20)2)15-25-10-12-26(13-11-25)21(27)18-6-3-4-7-18/h5,8-9,14,18H,3-4,6-7,10-13,15H2,1-2H3,(H,23,24). The van der Waals surface area contributed by atoms with Gasteiger partial charge in [0, 0.05) is 55.4 Å². The van der Waals surface area contributed by atoms with Gasteiger partial charge in [-0.15, -0.1) is 11.3 Å². The molecule has 2 heterocycles. The lowest BCUT2D eigenvalue weighted by Crippen LogP contribution is -2.49. The highest BCUT2D eigenvalue weighted by atomic mass is 32.1. The van der Waals surface area contributed by atoms with Gasteiger partial charge in [0.1, 0.15) is 0 Å². The second kappa shape index (κ2) is 8.62. The van der Waals surface area contributed by atoms with Crippen LogP contribution in [-0.2, 0) is 11.3 Å². The van der Waals surface area contributed by atoms with Gasteiger partial charge in [0.25, 0.3) is 0 Å². The van der Waals surface area contributed by atoms with Crippen LogP contribution in [0.1, 0.15) is 41.7 Å². The normalized spacial score (nSPS) is 18.6. The highest BCUT2D eigenvalue weighted by Crippen LogP contribution is 2.28. The fourth-order valence-electron chi connectivity index (χ4n) is 4.32. The molecular weight excluding hydrogens is 368 g/mol. The number of nitrogens with one attached hydrogen (secondary N) is 1. The van der Waals surface area contributed by atoms with E-state index in [-0.39, 0.29) is 0 Å². The lowest BCUT2D eigenvalue weighted by Gasteiger charge is -2.36. The lowest BCUT2D eigenvalue weighted by molar-refractivity contribution is -0.137. The van der Waals surface area contributed by atoms with Crippen LogP contribution < -0.4 is 5.32 Å². The van der Waals surface area contributed by atoms with Crippen LogP contribution in [0.25, 0.3) is 0 Å². The predicted octanol–water partition coefficient (Wildman–Crippen LogP) is 4.34. The minimum absolute atomic E-state index is 0.297. The molecule has 2 aromatic rings. The first-order chi connectivity index (χ1) is 13.6. The minimum Gasteiger partial charge on any atom is -0.340 e. The summed E-state index contributed by atoms with van der Waals surface area (Å²) in [5, 5.41) is 4.40. The molecule has 6 heteroatoms. The van der Waals surface area contributed by atoms with Crippen molar-refractivity contribution in [3.05, 3.63) is 40.4 Å². The number of aryl methyl sites for hydroxylation is 1. The molecule has 1 saturated heterocycles. The number of carbonyl (C=O) groups excluding carboxylic acids is 1. The van der Waals surface area contributed by atoms with Gasteiger partial charge in [-0.05, 0) is 43.9 Å². The van der Waals surface area contributed by atoms with Crippen LogP contribution in [0.3, 0.4) is 0 Å². The first kappa shape index (κ1) is 19.4. The molecule has 1 aliphatic heterocycles. The van der Waals surface area contributed by atoms with Crippen molar-refractivity contribution in [2.75, 3.05) is 31.5 Å². The van der Waals surface area contributed by atoms with Crippen LogP contribution in [0.2, 0.25) is 0 Å². The molecule has 5 nitrogen and oxygen atoms in total. The van der Waals surface area contributed by atoms with Crippen molar-refractivity contribution in [3.8, 4) is 0 Å². The molecule has 1 N–H and O–H groups in total. The number of benzene rings is 1. The molecule has 0 spiro atoms. The number of thiazole rings is 1. The Morgan fingerprint density at radius 2 is 1.93 bits per heavy atom. The van der Waals surface area contributed by atoms with E-state index in [2.05, 4.69) is 52.1 Å². The summed E-state index contributed by atoms with van der Waals surface area (Å²) in [6, 6.07) is 6.45. The Morgan fingerprint density at radius 3 is 2.61 bits per heavy atom. The largest absolute Gasteiger partial charge is 0.340 e. The van der Waals surface area contributed by atoms with Gasteiger partial charge in [-0.1, -0.05) is 25.0 Å². The van der Waals surface area contributed by atoms with Gasteiger partial charge in [-0.3, -0.25) is 9.69 Å². The van der Waals surface area contributed by atoms with Crippen molar-refractivity contribution in [1.29, 1.82) is 0 Å². The maximum Gasteiger partial charge on any atom is 0.225 e. The summed E-state index contributed by atoms with van der Waals surface area (Å²) in [7, 11) is 0. The minimum atomic E-state index is 0.297. The zero-order valence-electron chi connectivity index (χ0n) is 16.9. The third kappa shape index (κ3) is 4.39. The Morgan fingerprint density at radius 1 is 1.18 bits per heavy atom. The van der Waals surface area contributed by atoms with E-state index in [0.717, 1.165) is 56.4 Å². The SMILES string of the molecule is Cc1cnc(Nc2cccc(CN3CCN(C(=O)C4CCCC4)CC3)c2C)s1. The van der Waals surface area contributed by atoms with Crippen molar-refractivity contribution in [2.45, 2.75) is 46.1 Å². The number of hydrogen-bond donors (Lipinski definition) is 1. The van der Waals surface area contributed by atoms with E-state index in [1.807, 2.05) is 6.20 Å². The van der Waals surface area contributed by atoms with Crippen molar-refractivity contribution < 1.29 is 4.79 Å². The average Bonchev–Trinajstić information content (AvgIpc) is 3.37. The van der Waals surface area contributed by atoms with Gasteiger partial charge < -0.3 is 10.2 Å². The van der Waals surface area contributed by atoms with Crippen LogP contribution in [0.5, 0.6) is 0 Å². The number of carbonyl (C=O) groups is 1. The summed E-state index contributed by atoms with van der Waals surface area (Å²) < 4.78 is 0. The summed E-state index contributed by atoms with van der Waals surface area (Å²) in [5.41, 5.74) is 3.75. The van der Waals surface area contributed by atoms with Crippen LogP contribution >= 0.6 is 11.3 Å². The third-order valence-electron chi connectivity index (χ3n) is 6.09. The summed E-state index contributed by atoms with van der Waals surface area (Å²) in [5.74, 6) is 0.698. The van der Waals surface area contributed by atoms with Crippen molar-refractivity contribution in [2.24, 2.45) is 5.92 Å². The molecule has 1 saturated carbocycles. The third-order valence-corrected chi connectivity index (χ3v) is 6.92. The Balaban J connectivity index is 1.34. The van der Waals surface area contributed by atoms with E-state index in [1.165, 1.54) is 28.8 Å². The van der Waals surface area contributed by atoms with Crippen molar-refractivity contribution in [1.82, 2.24) is 14.8 Å². The van der Waals surface area contributed by atoms with E-state index in [1.54, 1.807) is 11.3 Å². The summed E-state index contributed by atoms with van der Waals surface area (Å²) in [4.78, 5) is 22.8. The molecule has 0 bridgehead atoms. The van der Waals surface area contributed by atoms with Gasteiger partial charge >= 0.3 is 0 Å². The topological polar surface area (TPSA) is 48.5 Å². The zero-order valence-corrected chi connectivity index (χ0v) is 17.7. The number of piperazine rings is 1. The number of hydrogen-bond acceptors (Lipinski definition) is 5. The molecule has 150 valence electrons. The van der Waals surface area contributed by atoms with Gasteiger partial charge in [-0.25, -0.2) is 4.98 Å². The molecule has 28 heavy (non-hydrogen) atoms. The van der Waals surface area contributed by atoms with E-state index < -0.39 is 0 Å². The highest BCUT2D eigenvalue weighted by molar-refractivity contribution is 7.15. The van der Waals surface area contributed by atoms with E-state index >= 15 is 0 Å². The number of aromatic nitrogens is 1. The molecule has 0 atom stereocenters. The van der Waals surface area contributed by atoms with E-state index in [4.69, 9.17) is 0 Å². The molecule has 2 fully saturated rings. The first-order valence-electron chi connectivity index (χ1n) is 10.4. The molecular formula is C22H30N4OS. The van der Waals surface area contributed by atoms with Gasteiger partial charge in [0.05, 0.1) is 0 Å². The quantitative estimate of drug-likeness (QED) is 0.814. The molecule has 1 aromatic heterocycles. The monoisotopic (exact) mass is 398 g/mol. The molecule has 2 aliphatic rings. The fraction of sp³-hybridized carbons (Fsp3) is 0.545. The molecule has 0 radical (unpaired) electrons. The Hall–Kier alpha value is -1.92. The smallest absolute Gasteiger partial charge is 0.225 e. The van der Waals surface area contributed by atoms with E-state index in [0.29, 0.717) is 11.8 Å². The molecule has 0 unspecified atom stereocenters. The highest BCUT2D eigenvalue weighted by Gasteiger charge is 2.29. The molecule has 1 aromatic carbocycles. The first-order valence-corrected chi connectivity index (χ1v) is 11.2. The molecule has 1 amide bonds. The summed E-state index contributed by atoms with van der Waals surface area (Å²) in [6.45, 7) is 8.84. The van der Waals surface area contributed by atoms with Crippen LogP contribution in [0.4, 0.5) is 10.8 Å². The number of rotatable bonds is 5. The van der Waals surface area contributed by atoms with Crippen LogP contribution in [0.15, 0.2) is 24.4 Å². The Kier molecular flexibility index (Phi) is 5.97. The maximum atomic E-state index is 12.6. The second-order valence-corrected chi connectivity index (χ2v) is 9.31. The number of nitrogens with zero attached hydrogens (tertiary/aromatic N) is 3. The predicted molar refractivity (Wildman–Crippen MR) is 115 cm³/mol. The fourth-order valence-corrected chi connectivity index (χ4v) is 4.99. The van der Waals surface area contributed by atoms with Gasteiger partial charge in [0.15, 0.2) is 5.13 Å². The summed E-state index contributed by atoms with van der Waals surface area (Å²) in [6.07, 6.45) is 6.53. The average molecular weight is 399 g/mol. The second-order valence-electron chi connectivity index (χ2n) is 8.07. The van der Waals surface area contributed by atoms with Crippen LogP contribution in [0, 0.1) is 19.8 Å². The molecule has 1 aliphatic carbocycles. The Labute approximate surface area is 171 Å². The van der Waals surface area contributed by atoms with Gasteiger partial charge in [-0.2, -0.15) is 0 Å². The van der Waals surface area contributed by atoms with Gasteiger partial charge in [0.2, 0.25) is 5.91 Å². The Bertz CT molecular complexity index is 820. The van der Waals surface area contributed by atoms with Crippen LogP contribution in [-0.4, -0.2) is 46.9 Å². The number of amides is 1. The number of anilines is 2. The molecule has 4 rings (SSSR count).